The van der Waals surface area contributed by atoms with Gasteiger partial charge in [0.2, 0.25) is 0 Å². The molecule has 1 unspecified atom stereocenters. The molecule has 4 heterocycles. The molecule has 1 aliphatic rings. The van der Waals surface area contributed by atoms with Crippen LogP contribution < -0.4 is 5.32 Å². The van der Waals surface area contributed by atoms with Gasteiger partial charge in [-0.2, -0.15) is 10.2 Å². The molecule has 9 nitrogen and oxygen atoms in total. The largest absolute Gasteiger partial charge is 0.305 e. The molecule has 0 radical (unpaired) electrons. The smallest absolute Gasteiger partial charge is 0.276 e. The third-order valence-electron chi connectivity index (χ3n) is 4.34. The third-order valence-corrected chi connectivity index (χ3v) is 6.98. The number of sulfone groups is 1. The number of nitrogens with one attached hydrogen (secondary N) is 1. The first-order valence-electron chi connectivity index (χ1n) is 8.33. The number of aromatic nitrogens is 5. The topological polar surface area (TPSA) is 112 Å². The highest BCUT2D eigenvalue weighted by Crippen LogP contribution is 2.28. The van der Waals surface area contributed by atoms with Crippen LogP contribution in [0.1, 0.15) is 28.6 Å². The van der Waals surface area contributed by atoms with E-state index >= 15 is 0 Å². The molecule has 0 aromatic carbocycles. The molecular formula is C16H18N6O3S2. The lowest BCUT2D eigenvalue weighted by Gasteiger charge is -2.13. The SMILES string of the molecule is Cc1cc(NC(=O)c2csc(-c3cnn(C)c3)n2)n(C2CCS(=O)(=O)C2)n1. The van der Waals surface area contributed by atoms with Crippen LogP contribution in [0, 0.1) is 6.92 Å². The predicted octanol–water partition coefficient (Wildman–Crippen LogP) is 1.66. The molecule has 3 aromatic rings. The Morgan fingerprint density at radius 3 is 2.89 bits per heavy atom. The number of carbonyl (C=O) groups is 1. The number of rotatable bonds is 4. The minimum absolute atomic E-state index is 0.0405. The summed E-state index contributed by atoms with van der Waals surface area (Å²) in [6.07, 6.45) is 4.02. The summed E-state index contributed by atoms with van der Waals surface area (Å²) in [6, 6.07) is 1.47. The molecule has 1 amide bonds. The fourth-order valence-electron chi connectivity index (χ4n) is 3.08. The summed E-state index contributed by atoms with van der Waals surface area (Å²) in [4.78, 5) is 17.0. The molecule has 4 rings (SSSR count). The first-order valence-corrected chi connectivity index (χ1v) is 11.0. The maximum absolute atomic E-state index is 12.6. The van der Waals surface area contributed by atoms with Crippen LogP contribution in [0.5, 0.6) is 0 Å². The van der Waals surface area contributed by atoms with Crippen molar-refractivity contribution in [3.05, 3.63) is 35.2 Å². The minimum Gasteiger partial charge on any atom is -0.305 e. The maximum Gasteiger partial charge on any atom is 0.276 e. The van der Waals surface area contributed by atoms with Gasteiger partial charge in [-0.3, -0.25) is 9.48 Å². The molecule has 0 aliphatic carbocycles. The van der Waals surface area contributed by atoms with Gasteiger partial charge in [-0.1, -0.05) is 0 Å². The van der Waals surface area contributed by atoms with E-state index in [1.165, 1.54) is 11.3 Å². The Morgan fingerprint density at radius 1 is 1.41 bits per heavy atom. The van der Waals surface area contributed by atoms with Crippen LogP contribution in [0.3, 0.4) is 0 Å². The van der Waals surface area contributed by atoms with Crippen molar-refractivity contribution in [2.24, 2.45) is 7.05 Å². The van der Waals surface area contributed by atoms with Crippen molar-refractivity contribution in [1.29, 1.82) is 0 Å². The average Bonchev–Trinajstić information content (AvgIpc) is 3.34. The quantitative estimate of drug-likeness (QED) is 0.705. The van der Waals surface area contributed by atoms with E-state index < -0.39 is 9.84 Å². The minimum atomic E-state index is -3.05. The Kier molecular flexibility index (Phi) is 4.35. The number of carbonyl (C=O) groups excluding carboxylic acids is 1. The number of anilines is 1. The van der Waals surface area contributed by atoms with Crippen LogP contribution in [0.2, 0.25) is 0 Å². The van der Waals surface area contributed by atoms with E-state index in [0.717, 1.165) is 5.56 Å². The summed E-state index contributed by atoms with van der Waals surface area (Å²) >= 11 is 1.36. The predicted molar refractivity (Wildman–Crippen MR) is 102 cm³/mol. The molecule has 11 heteroatoms. The average molecular weight is 406 g/mol. The standard InChI is InChI=1S/C16H18N6O3S2/c1-10-5-14(22(20-10)12-3-4-27(24,25)9-12)19-15(23)13-8-26-16(18-13)11-6-17-21(2)7-11/h5-8,12H,3-4,9H2,1-2H3,(H,19,23). The lowest BCUT2D eigenvalue weighted by molar-refractivity contribution is 0.102. The van der Waals surface area contributed by atoms with Gasteiger partial charge in [-0.25, -0.2) is 18.1 Å². The van der Waals surface area contributed by atoms with Gasteiger partial charge in [0.25, 0.3) is 5.91 Å². The molecular weight excluding hydrogens is 388 g/mol. The highest BCUT2D eigenvalue weighted by Gasteiger charge is 2.31. The summed E-state index contributed by atoms with van der Waals surface area (Å²) in [5.74, 6) is 0.308. The first-order chi connectivity index (χ1) is 12.8. The molecule has 1 atom stereocenters. The summed E-state index contributed by atoms with van der Waals surface area (Å²) in [5, 5.41) is 13.7. The summed E-state index contributed by atoms with van der Waals surface area (Å²) in [7, 11) is -1.23. The van der Waals surface area contributed by atoms with Crippen LogP contribution in [0.4, 0.5) is 5.82 Å². The van der Waals surface area contributed by atoms with Gasteiger partial charge in [-0.05, 0) is 13.3 Å². The van der Waals surface area contributed by atoms with Gasteiger partial charge in [0.15, 0.2) is 9.84 Å². The molecule has 0 spiro atoms. The van der Waals surface area contributed by atoms with Crippen LogP contribution >= 0.6 is 11.3 Å². The molecule has 1 N–H and O–H groups in total. The second-order valence-corrected chi connectivity index (χ2v) is 9.65. The third kappa shape index (κ3) is 3.65. The molecule has 1 aliphatic heterocycles. The Hall–Kier alpha value is -2.53. The van der Waals surface area contributed by atoms with E-state index in [0.29, 0.717) is 28.6 Å². The second kappa shape index (κ2) is 6.57. The van der Waals surface area contributed by atoms with Crippen LogP contribution in [0.15, 0.2) is 23.8 Å². The second-order valence-electron chi connectivity index (χ2n) is 6.57. The van der Waals surface area contributed by atoms with Crippen LogP contribution in [0.25, 0.3) is 10.6 Å². The normalized spacial score (nSPS) is 18.7. The molecule has 0 bridgehead atoms. The van der Waals surface area contributed by atoms with Crippen molar-refractivity contribution in [3.63, 3.8) is 0 Å². The van der Waals surface area contributed by atoms with Gasteiger partial charge in [0.05, 0.1) is 29.4 Å². The number of hydrogen-bond donors (Lipinski definition) is 1. The fourth-order valence-corrected chi connectivity index (χ4v) is 5.55. The number of hydrogen-bond acceptors (Lipinski definition) is 7. The van der Waals surface area contributed by atoms with E-state index in [1.807, 2.05) is 13.2 Å². The highest BCUT2D eigenvalue weighted by atomic mass is 32.2. The molecule has 3 aromatic heterocycles. The lowest BCUT2D eigenvalue weighted by atomic mass is 10.3. The Labute approximate surface area is 160 Å². The Morgan fingerprint density at radius 2 is 2.22 bits per heavy atom. The van der Waals surface area contributed by atoms with E-state index in [4.69, 9.17) is 0 Å². The molecule has 142 valence electrons. The molecule has 27 heavy (non-hydrogen) atoms. The molecule has 0 saturated carbocycles. The van der Waals surface area contributed by atoms with E-state index in [1.54, 1.807) is 33.9 Å². The van der Waals surface area contributed by atoms with Gasteiger partial charge < -0.3 is 5.32 Å². The zero-order chi connectivity index (χ0) is 19.2. The van der Waals surface area contributed by atoms with Crippen LogP contribution in [-0.2, 0) is 16.9 Å². The van der Waals surface area contributed by atoms with Gasteiger partial charge >= 0.3 is 0 Å². The first kappa shape index (κ1) is 17.9. The highest BCUT2D eigenvalue weighted by molar-refractivity contribution is 7.91. The monoisotopic (exact) mass is 406 g/mol. The van der Waals surface area contributed by atoms with Crippen molar-refractivity contribution in [2.45, 2.75) is 19.4 Å². The Bertz CT molecular complexity index is 1110. The fraction of sp³-hybridized carbons (Fsp3) is 0.375. The zero-order valence-electron chi connectivity index (χ0n) is 14.8. The van der Waals surface area contributed by atoms with E-state index in [2.05, 4.69) is 20.5 Å². The Balaban J connectivity index is 1.55. The lowest BCUT2D eigenvalue weighted by Crippen LogP contribution is -2.19. The number of nitrogens with zero attached hydrogens (tertiary/aromatic N) is 5. The molecule has 1 saturated heterocycles. The number of amides is 1. The van der Waals surface area contributed by atoms with Crippen molar-refractivity contribution in [3.8, 4) is 10.6 Å². The summed E-state index contributed by atoms with van der Waals surface area (Å²) in [6.45, 7) is 1.80. The van der Waals surface area contributed by atoms with Gasteiger partial charge in [0.1, 0.15) is 16.5 Å². The van der Waals surface area contributed by atoms with E-state index in [-0.39, 0.29) is 23.5 Å². The van der Waals surface area contributed by atoms with E-state index in [9.17, 15) is 13.2 Å². The molecule has 1 fully saturated rings. The summed E-state index contributed by atoms with van der Waals surface area (Å²) in [5.41, 5.74) is 1.85. The van der Waals surface area contributed by atoms with Gasteiger partial charge in [0, 0.05) is 30.3 Å². The summed E-state index contributed by atoms with van der Waals surface area (Å²) < 4.78 is 26.8. The van der Waals surface area contributed by atoms with Crippen molar-refractivity contribution < 1.29 is 13.2 Å². The van der Waals surface area contributed by atoms with Crippen molar-refractivity contribution >= 4 is 32.9 Å². The maximum atomic E-state index is 12.6. The number of aryl methyl sites for hydroxylation is 2. The zero-order valence-corrected chi connectivity index (χ0v) is 16.4. The number of thiazole rings is 1. The van der Waals surface area contributed by atoms with Crippen molar-refractivity contribution in [2.75, 3.05) is 16.8 Å². The van der Waals surface area contributed by atoms with Crippen LogP contribution in [-0.4, -0.2) is 50.4 Å². The van der Waals surface area contributed by atoms with Crippen molar-refractivity contribution in [1.82, 2.24) is 24.5 Å². The van der Waals surface area contributed by atoms with Gasteiger partial charge in [-0.15, -0.1) is 11.3 Å².